The summed E-state index contributed by atoms with van der Waals surface area (Å²) in [5.74, 6) is -0.562. The monoisotopic (exact) mass is 643 g/mol. The summed E-state index contributed by atoms with van der Waals surface area (Å²) in [5.41, 5.74) is 1.09. The average molecular weight is 644 g/mol. The quantitative estimate of drug-likeness (QED) is 0.183. The van der Waals surface area contributed by atoms with Crippen LogP contribution >= 0.6 is 23.1 Å². The second-order valence-electron chi connectivity index (χ2n) is 8.93. The van der Waals surface area contributed by atoms with Crippen LogP contribution in [0.2, 0.25) is 0 Å². The molecule has 0 bridgehead atoms. The summed E-state index contributed by atoms with van der Waals surface area (Å²) in [5, 5.41) is 4.21. The predicted molar refractivity (Wildman–Crippen MR) is 157 cm³/mol. The Morgan fingerprint density at radius 3 is 2.43 bits per heavy atom. The molecule has 1 amide bonds. The van der Waals surface area contributed by atoms with E-state index in [0.29, 0.717) is 5.75 Å². The number of hydrogen-bond acceptors (Lipinski definition) is 8. The van der Waals surface area contributed by atoms with Crippen LogP contribution in [-0.4, -0.2) is 65.0 Å². The number of rotatable bonds is 13. The van der Waals surface area contributed by atoms with E-state index in [1.807, 2.05) is 30.3 Å². The van der Waals surface area contributed by atoms with Crippen LogP contribution in [0.1, 0.15) is 16.1 Å². The molecule has 2 aromatic heterocycles. The van der Waals surface area contributed by atoms with Gasteiger partial charge in [-0.15, -0.1) is 36.3 Å². The Bertz CT molecular complexity index is 1590. The molecule has 226 valence electrons. The first kappa shape index (κ1) is 31.7. The first-order chi connectivity index (χ1) is 19.9. The number of H-pyrrole nitrogens is 1. The molecule has 9 nitrogen and oxygen atoms in total. The smallest absolute Gasteiger partial charge is 0.406 e. The highest BCUT2D eigenvalue weighted by Gasteiger charge is 2.33. The van der Waals surface area contributed by atoms with E-state index in [9.17, 15) is 26.4 Å². The molecule has 0 radical (unpaired) electrons. The minimum absolute atomic E-state index is 0.00491. The maximum absolute atomic E-state index is 13.2. The van der Waals surface area contributed by atoms with Gasteiger partial charge in [-0.25, -0.2) is 8.42 Å². The van der Waals surface area contributed by atoms with Crippen molar-refractivity contribution in [2.45, 2.75) is 27.9 Å². The Morgan fingerprint density at radius 1 is 1.10 bits per heavy atom. The number of anilines is 1. The van der Waals surface area contributed by atoms with Gasteiger partial charge in [-0.3, -0.25) is 9.10 Å². The Hall–Kier alpha value is -3.24. The van der Waals surface area contributed by atoms with Gasteiger partial charge >= 0.3 is 6.36 Å². The zero-order chi connectivity index (χ0) is 30.5. The summed E-state index contributed by atoms with van der Waals surface area (Å²) in [6.45, 7) is 0.139. The third-order valence-electron chi connectivity index (χ3n) is 6.15. The van der Waals surface area contributed by atoms with Gasteiger partial charge in [-0.05, 0) is 29.1 Å². The number of carbonyl (C=O) groups excluding carboxylic acids is 1. The average Bonchev–Trinajstić information content (AvgIpc) is 3.64. The number of thioether (sulfide) groups is 1. The van der Waals surface area contributed by atoms with Crippen molar-refractivity contribution in [3.63, 3.8) is 0 Å². The molecule has 2 heterocycles. The van der Waals surface area contributed by atoms with E-state index in [1.54, 1.807) is 11.4 Å². The number of benzene rings is 2. The summed E-state index contributed by atoms with van der Waals surface area (Å²) in [6.07, 6.45) is -5.65. The number of alkyl halides is 3. The number of nitrogens with one attached hydrogen (secondary N) is 2. The fourth-order valence-electron chi connectivity index (χ4n) is 4.14. The Kier molecular flexibility index (Phi) is 10.1. The number of amides is 1. The molecule has 1 unspecified atom stereocenters. The second kappa shape index (κ2) is 13.4. The minimum atomic E-state index is -5.02. The molecule has 0 aliphatic rings. The molecule has 0 aliphatic heterocycles. The number of nitrogens with zero attached hydrogens (tertiary/aromatic N) is 1. The van der Waals surface area contributed by atoms with Crippen molar-refractivity contribution in [1.29, 1.82) is 0 Å². The SMILES string of the molecule is COC(OC)C(CNC(=O)c1cc2cc(OC(F)(F)F)cc(N(C)S(=O)(=O)c3cccs3)c2[nH]1)SCc1ccccc1. The number of aromatic nitrogens is 1. The van der Waals surface area contributed by atoms with Gasteiger partial charge in [0.15, 0.2) is 6.29 Å². The molecule has 15 heteroatoms. The minimum Gasteiger partial charge on any atom is -0.406 e. The normalized spacial score (nSPS) is 12.9. The second-order valence-corrected chi connectivity index (χ2v) is 13.3. The van der Waals surface area contributed by atoms with E-state index in [0.717, 1.165) is 33.3 Å². The van der Waals surface area contributed by atoms with Crippen molar-refractivity contribution in [1.82, 2.24) is 10.3 Å². The van der Waals surface area contributed by atoms with E-state index >= 15 is 0 Å². The maximum Gasteiger partial charge on any atom is 0.573 e. The first-order valence-corrected chi connectivity index (χ1v) is 15.7. The molecule has 1 atom stereocenters. The van der Waals surface area contributed by atoms with E-state index in [4.69, 9.17) is 9.47 Å². The van der Waals surface area contributed by atoms with E-state index in [1.165, 1.54) is 45.2 Å². The lowest BCUT2D eigenvalue weighted by atomic mass is 10.2. The number of hydrogen-bond donors (Lipinski definition) is 2. The van der Waals surface area contributed by atoms with Gasteiger partial charge in [0.2, 0.25) is 0 Å². The van der Waals surface area contributed by atoms with Gasteiger partial charge in [0.05, 0.1) is 16.5 Å². The number of fused-ring (bicyclic) bond motifs is 1. The van der Waals surface area contributed by atoms with Crippen LogP contribution in [0, 0.1) is 0 Å². The predicted octanol–water partition coefficient (Wildman–Crippen LogP) is 5.60. The highest BCUT2D eigenvalue weighted by molar-refractivity contribution is 7.99. The molecule has 4 rings (SSSR count). The number of sulfonamides is 1. The van der Waals surface area contributed by atoms with Gasteiger partial charge in [0.1, 0.15) is 15.7 Å². The van der Waals surface area contributed by atoms with Crippen LogP contribution in [0.15, 0.2) is 70.3 Å². The number of halogens is 3. The van der Waals surface area contributed by atoms with Crippen LogP contribution in [0.3, 0.4) is 0 Å². The molecule has 2 aromatic carbocycles. The molecule has 0 saturated heterocycles. The molecule has 42 heavy (non-hydrogen) atoms. The first-order valence-electron chi connectivity index (χ1n) is 12.4. The fourth-order valence-corrected chi connectivity index (χ4v) is 7.68. The van der Waals surface area contributed by atoms with Gasteiger partial charge < -0.3 is 24.5 Å². The number of aromatic amines is 1. The topological polar surface area (TPSA) is 110 Å². The molecule has 0 saturated carbocycles. The van der Waals surface area contributed by atoms with Crippen molar-refractivity contribution in [3.05, 3.63) is 77.3 Å². The third-order valence-corrected chi connectivity index (χ3v) is 10.6. The number of ether oxygens (including phenoxy) is 3. The van der Waals surface area contributed by atoms with Crippen LogP contribution in [0.25, 0.3) is 10.9 Å². The number of thiophene rings is 1. The zero-order valence-electron chi connectivity index (χ0n) is 22.7. The van der Waals surface area contributed by atoms with Crippen molar-refractivity contribution in [3.8, 4) is 5.75 Å². The summed E-state index contributed by atoms with van der Waals surface area (Å²) in [7, 11) is 0.0858. The zero-order valence-corrected chi connectivity index (χ0v) is 25.1. The highest BCUT2D eigenvalue weighted by Crippen LogP contribution is 2.37. The summed E-state index contributed by atoms with van der Waals surface area (Å²) >= 11 is 2.48. The van der Waals surface area contributed by atoms with Gasteiger partial charge in [0, 0.05) is 45.0 Å². The van der Waals surface area contributed by atoms with Crippen LogP contribution < -0.4 is 14.4 Å². The fraction of sp³-hybridized carbons (Fsp3) is 0.296. The lowest BCUT2D eigenvalue weighted by Crippen LogP contribution is -2.39. The summed E-state index contributed by atoms with van der Waals surface area (Å²) in [6, 6.07) is 16.0. The largest absolute Gasteiger partial charge is 0.573 e. The lowest BCUT2D eigenvalue weighted by molar-refractivity contribution is -0.274. The summed E-state index contributed by atoms with van der Waals surface area (Å²) < 4.78 is 81.4. The molecule has 4 aromatic rings. The van der Waals surface area contributed by atoms with Crippen molar-refractivity contribution in [2.24, 2.45) is 0 Å². The highest BCUT2D eigenvalue weighted by atomic mass is 32.2. The number of carbonyl (C=O) groups is 1. The van der Waals surface area contributed by atoms with Crippen molar-refractivity contribution < 1.29 is 40.6 Å². The molecule has 0 spiro atoms. The van der Waals surface area contributed by atoms with Crippen molar-refractivity contribution in [2.75, 3.05) is 32.1 Å². The maximum atomic E-state index is 13.2. The van der Waals surface area contributed by atoms with Crippen LogP contribution in [0.5, 0.6) is 5.75 Å². The van der Waals surface area contributed by atoms with Crippen molar-refractivity contribution >= 4 is 55.6 Å². The third kappa shape index (κ3) is 7.58. The molecule has 2 N–H and O–H groups in total. The standard InChI is InChI=1S/C27H28F3N3O6S3/c1-33(42(35,36)23-10-7-11-40-23)21-14-19(39-27(28,29)30)12-18-13-20(32-24(18)21)25(34)31-15-22(26(37-2)38-3)41-16-17-8-5-4-6-9-17/h4-14,22,26,32H,15-16H2,1-3H3,(H,31,34). The van der Waals surface area contributed by atoms with Crippen LogP contribution in [-0.2, 0) is 25.2 Å². The summed E-state index contributed by atoms with van der Waals surface area (Å²) in [4.78, 5) is 16.1. The molecular weight excluding hydrogens is 616 g/mol. The van der Waals surface area contributed by atoms with Crippen LogP contribution in [0.4, 0.5) is 18.9 Å². The molecule has 0 aliphatic carbocycles. The van der Waals surface area contributed by atoms with E-state index in [2.05, 4.69) is 15.0 Å². The molecule has 0 fully saturated rings. The van der Waals surface area contributed by atoms with Gasteiger partial charge in [-0.2, -0.15) is 0 Å². The Labute approximate surface area is 249 Å². The van der Waals surface area contributed by atoms with E-state index < -0.39 is 34.3 Å². The lowest BCUT2D eigenvalue weighted by Gasteiger charge is -2.24. The Morgan fingerprint density at radius 2 is 1.81 bits per heavy atom. The number of methoxy groups -OCH3 is 2. The Balaban J connectivity index is 1.62. The van der Waals surface area contributed by atoms with E-state index in [-0.39, 0.29) is 38.3 Å². The van der Waals surface area contributed by atoms with Gasteiger partial charge in [0.25, 0.3) is 15.9 Å². The van der Waals surface area contributed by atoms with Gasteiger partial charge in [-0.1, -0.05) is 36.4 Å². The molecular formula is C27H28F3N3O6S3.